The van der Waals surface area contributed by atoms with Crippen molar-refractivity contribution in [2.75, 3.05) is 0 Å². The van der Waals surface area contributed by atoms with Crippen LogP contribution in [-0.2, 0) is 4.79 Å². The van der Waals surface area contributed by atoms with Crippen molar-refractivity contribution in [2.24, 2.45) is 5.73 Å². The van der Waals surface area contributed by atoms with Gasteiger partial charge in [0.05, 0.1) is 6.42 Å². The molecule has 0 fully saturated rings. The maximum absolute atomic E-state index is 11.9. The maximum Gasteiger partial charge on any atom is 0.390 e. The minimum absolute atomic E-state index is 0.0438. The molecule has 0 aromatic heterocycles. The van der Waals surface area contributed by atoms with Crippen LogP contribution in [-0.4, -0.2) is 24.2 Å². The van der Waals surface area contributed by atoms with Gasteiger partial charge in [-0.15, -0.1) is 0 Å². The molecule has 2 atom stereocenters. The summed E-state index contributed by atoms with van der Waals surface area (Å²) in [6, 6.07) is -1.03. The normalized spacial score (nSPS) is 16.4. The molecule has 2 unspecified atom stereocenters. The van der Waals surface area contributed by atoms with Crippen molar-refractivity contribution in [3.8, 4) is 0 Å². The second-order valence-corrected chi connectivity index (χ2v) is 3.46. The average Bonchev–Trinajstić information content (AvgIpc) is 1.77. The Labute approximate surface area is 80.8 Å². The lowest BCUT2D eigenvalue weighted by Gasteiger charge is -2.19. The van der Waals surface area contributed by atoms with Crippen molar-refractivity contribution < 1.29 is 18.0 Å². The standard InChI is InChI=1S/C8H15F3N2O/c1-5(3-7(12)14)13-6(2)4-8(9,10)11/h5-6,13H,3-4H2,1-2H3,(H2,12,14). The molecule has 0 saturated heterocycles. The SMILES string of the molecule is CC(CC(N)=O)NC(C)CC(F)(F)F. The van der Waals surface area contributed by atoms with Gasteiger partial charge in [-0.3, -0.25) is 4.79 Å². The molecule has 0 bridgehead atoms. The zero-order valence-corrected chi connectivity index (χ0v) is 8.19. The second-order valence-electron chi connectivity index (χ2n) is 3.46. The summed E-state index contributed by atoms with van der Waals surface area (Å²) in [5.74, 6) is -0.524. The molecule has 0 aliphatic carbocycles. The number of rotatable bonds is 5. The van der Waals surface area contributed by atoms with E-state index >= 15 is 0 Å². The Morgan fingerprint density at radius 3 is 2.21 bits per heavy atom. The molecular formula is C8H15F3N2O. The Kier molecular flexibility index (Phi) is 4.90. The lowest BCUT2D eigenvalue weighted by atomic mass is 10.1. The number of nitrogens with two attached hydrogens (primary N) is 1. The minimum Gasteiger partial charge on any atom is -0.370 e. The van der Waals surface area contributed by atoms with Crippen molar-refractivity contribution in [2.45, 2.75) is 44.9 Å². The van der Waals surface area contributed by atoms with Crippen molar-refractivity contribution >= 4 is 5.91 Å². The van der Waals surface area contributed by atoms with Gasteiger partial charge in [0, 0.05) is 18.5 Å². The highest BCUT2D eigenvalue weighted by Crippen LogP contribution is 2.21. The Hall–Kier alpha value is -0.780. The highest BCUT2D eigenvalue weighted by Gasteiger charge is 2.30. The van der Waals surface area contributed by atoms with E-state index in [0.717, 1.165) is 0 Å². The predicted molar refractivity (Wildman–Crippen MR) is 46.5 cm³/mol. The number of hydrogen-bond donors (Lipinski definition) is 2. The molecule has 0 aromatic carbocycles. The number of halogens is 3. The Morgan fingerprint density at radius 2 is 1.86 bits per heavy atom. The molecule has 6 heteroatoms. The van der Waals surface area contributed by atoms with E-state index < -0.39 is 24.5 Å². The van der Waals surface area contributed by atoms with Gasteiger partial charge in [0.1, 0.15) is 0 Å². The molecule has 3 nitrogen and oxygen atoms in total. The van der Waals surface area contributed by atoms with Crippen molar-refractivity contribution in [3.05, 3.63) is 0 Å². The molecule has 0 rings (SSSR count). The van der Waals surface area contributed by atoms with Crippen molar-refractivity contribution in [1.29, 1.82) is 0 Å². The van der Waals surface area contributed by atoms with E-state index in [0.29, 0.717) is 0 Å². The smallest absolute Gasteiger partial charge is 0.370 e. The van der Waals surface area contributed by atoms with E-state index in [1.807, 2.05) is 0 Å². The van der Waals surface area contributed by atoms with E-state index in [9.17, 15) is 18.0 Å². The van der Waals surface area contributed by atoms with Crippen LogP contribution in [0.5, 0.6) is 0 Å². The third-order valence-corrected chi connectivity index (χ3v) is 1.61. The fourth-order valence-electron chi connectivity index (χ4n) is 1.25. The number of carbonyl (C=O) groups is 1. The summed E-state index contributed by atoms with van der Waals surface area (Å²) >= 11 is 0. The summed E-state index contributed by atoms with van der Waals surface area (Å²) in [5.41, 5.74) is 4.90. The summed E-state index contributed by atoms with van der Waals surface area (Å²) in [4.78, 5) is 10.4. The Bertz CT molecular complexity index is 194. The molecule has 84 valence electrons. The van der Waals surface area contributed by atoms with E-state index in [4.69, 9.17) is 5.73 Å². The summed E-state index contributed by atoms with van der Waals surface area (Å²) < 4.78 is 35.7. The van der Waals surface area contributed by atoms with Crippen molar-refractivity contribution in [3.63, 3.8) is 0 Å². The highest BCUT2D eigenvalue weighted by molar-refractivity contribution is 5.74. The van der Waals surface area contributed by atoms with Gasteiger partial charge in [0.25, 0.3) is 0 Å². The number of primary amides is 1. The monoisotopic (exact) mass is 212 g/mol. The van der Waals surface area contributed by atoms with E-state index in [1.54, 1.807) is 6.92 Å². The summed E-state index contributed by atoms with van der Waals surface area (Å²) in [6.07, 6.45) is -5.04. The third kappa shape index (κ3) is 7.85. The maximum atomic E-state index is 11.9. The van der Waals surface area contributed by atoms with Gasteiger partial charge in [-0.05, 0) is 13.8 Å². The van der Waals surface area contributed by atoms with Crippen LogP contribution in [0.3, 0.4) is 0 Å². The number of hydrogen-bond acceptors (Lipinski definition) is 2. The minimum atomic E-state index is -4.18. The topological polar surface area (TPSA) is 55.1 Å². The first-order chi connectivity index (χ1) is 6.20. The van der Waals surface area contributed by atoms with Gasteiger partial charge in [0.2, 0.25) is 5.91 Å². The molecule has 14 heavy (non-hydrogen) atoms. The predicted octanol–water partition coefficient (Wildman–Crippen LogP) is 1.18. The average molecular weight is 212 g/mol. The molecule has 3 N–H and O–H groups in total. The first-order valence-electron chi connectivity index (χ1n) is 4.32. The lowest BCUT2D eigenvalue weighted by Crippen LogP contribution is -2.39. The number of amides is 1. The number of carbonyl (C=O) groups excluding carboxylic acids is 1. The zero-order chi connectivity index (χ0) is 11.4. The summed E-state index contributed by atoms with van der Waals surface area (Å²) in [5, 5.41) is 2.65. The van der Waals surface area contributed by atoms with Gasteiger partial charge in [-0.1, -0.05) is 0 Å². The van der Waals surface area contributed by atoms with Crippen LogP contribution >= 0.6 is 0 Å². The molecule has 0 aliphatic heterocycles. The largest absolute Gasteiger partial charge is 0.390 e. The van der Waals surface area contributed by atoms with Gasteiger partial charge in [0.15, 0.2) is 0 Å². The van der Waals surface area contributed by atoms with Crippen LogP contribution in [0.2, 0.25) is 0 Å². The molecule has 0 radical (unpaired) electrons. The van der Waals surface area contributed by atoms with Gasteiger partial charge in [-0.25, -0.2) is 0 Å². The second kappa shape index (κ2) is 5.19. The zero-order valence-electron chi connectivity index (χ0n) is 8.19. The molecule has 1 amide bonds. The molecule has 0 aromatic rings. The first-order valence-corrected chi connectivity index (χ1v) is 4.32. The van der Waals surface area contributed by atoms with Gasteiger partial charge < -0.3 is 11.1 Å². The number of alkyl halides is 3. The van der Waals surface area contributed by atoms with E-state index in [-0.39, 0.29) is 12.5 Å². The van der Waals surface area contributed by atoms with E-state index in [1.165, 1.54) is 6.92 Å². The lowest BCUT2D eigenvalue weighted by molar-refractivity contribution is -0.139. The summed E-state index contributed by atoms with van der Waals surface area (Å²) in [7, 11) is 0. The van der Waals surface area contributed by atoms with Crippen LogP contribution in [0.15, 0.2) is 0 Å². The highest BCUT2D eigenvalue weighted by atomic mass is 19.4. The fraction of sp³-hybridized carbons (Fsp3) is 0.875. The molecular weight excluding hydrogens is 197 g/mol. The van der Waals surface area contributed by atoms with Crippen LogP contribution in [0.4, 0.5) is 13.2 Å². The van der Waals surface area contributed by atoms with Crippen LogP contribution in [0, 0.1) is 0 Å². The third-order valence-electron chi connectivity index (χ3n) is 1.61. The fourth-order valence-corrected chi connectivity index (χ4v) is 1.25. The number of nitrogens with one attached hydrogen (secondary N) is 1. The molecule has 0 heterocycles. The van der Waals surface area contributed by atoms with Gasteiger partial charge in [-0.2, -0.15) is 13.2 Å². The summed E-state index contributed by atoms with van der Waals surface area (Å²) in [6.45, 7) is 3.04. The van der Waals surface area contributed by atoms with E-state index in [2.05, 4.69) is 5.32 Å². The first kappa shape index (κ1) is 13.2. The van der Waals surface area contributed by atoms with Crippen LogP contribution in [0.1, 0.15) is 26.7 Å². The van der Waals surface area contributed by atoms with Crippen LogP contribution in [0.25, 0.3) is 0 Å². The quantitative estimate of drug-likeness (QED) is 0.719. The Morgan fingerprint density at radius 1 is 1.36 bits per heavy atom. The van der Waals surface area contributed by atoms with Crippen molar-refractivity contribution in [1.82, 2.24) is 5.32 Å². The van der Waals surface area contributed by atoms with Crippen LogP contribution < -0.4 is 11.1 Å². The Balaban J connectivity index is 3.82. The molecule has 0 saturated carbocycles. The van der Waals surface area contributed by atoms with Gasteiger partial charge >= 0.3 is 6.18 Å². The molecule has 0 spiro atoms. The molecule has 0 aliphatic rings.